The van der Waals surface area contributed by atoms with E-state index >= 15 is 0 Å². The largest absolute Gasteiger partial charge is 0.370 e. The number of anilines is 2. The van der Waals surface area contributed by atoms with Crippen LogP contribution in [0.3, 0.4) is 0 Å². The fourth-order valence-corrected chi connectivity index (χ4v) is 3.99. The minimum atomic E-state index is -0.345. The molecular formula is C19H20FN7O. The molecule has 8 nitrogen and oxygen atoms in total. The van der Waals surface area contributed by atoms with Crippen LogP contribution in [0, 0.1) is 5.82 Å². The third-order valence-corrected chi connectivity index (χ3v) is 5.32. The number of halogens is 1. The Morgan fingerprint density at radius 3 is 3.00 bits per heavy atom. The lowest BCUT2D eigenvalue weighted by molar-refractivity contribution is 0.0955. The Kier molecular flexibility index (Phi) is 4.07. The molecule has 0 radical (unpaired) electrons. The van der Waals surface area contributed by atoms with Crippen molar-refractivity contribution in [1.82, 2.24) is 24.9 Å². The molecule has 2 bridgehead atoms. The summed E-state index contributed by atoms with van der Waals surface area (Å²) in [5.41, 5.74) is 1.82. The molecule has 2 aliphatic rings. The number of carbonyl (C=O) groups is 1. The zero-order valence-electron chi connectivity index (χ0n) is 15.2. The number of amides is 1. The third-order valence-electron chi connectivity index (χ3n) is 5.32. The van der Waals surface area contributed by atoms with Gasteiger partial charge in [0.05, 0.1) is 18.4 Å². The summed E-state index contributed by atoms with van der Waals surface area (Å²) >= 11 is 0. The van der Waals surface area contributed by atoms with E-state index in [1.807, 2.05) is 6.07 Å². The normalized spacial score (nSPS) is 19.7. The van der Waals surface area contributed by atoms with Crippen LogP contribution < -0.4 is 15.5 Å². The van der Waals surface area contributed by atoms with E-state index in [0.717, 1.165) is 37.2 Å². The third kappa shape index (κ3) is 2.83. The SMILES string of the molecule is O=C1NCCCNc2ncc(F)cc2C2CCCN2c2ccn3ncc1c3n2. The van der Waals surface area contributed by atoms with Gasteiger partial charge in [0, 0.05) is 31.4 Å². The molecule has 1 amide bonds. The molecule has 0 saturated carbocycles. The van der Waals surface area contributed by atoms with Gasteiger partial charge < -0.3 is 15.5 Å². The summed E-state index contributed by atoms with van der Waals surface area (Å²) in [6.45, 7) is 1.94. The van der Waals surface area contributed by atoms with Crippen molar-refractivity contribution in [1.29, 1.82) is 0 Å². The van der Waals surface area contributed by atoms with Crippen molar-refractivity contribution < 1.29 is 9.18 Å². The van der Waals surface area contributed by atoms with Crippen molar-refractivity contribution in [2.45, 2.75) is 25.3 Å². The van der Waals surface area contributed by atoms with E-state index in [0.29, 0.717) is 30.1 Å². The quantitative estimate of drug-likeness (QED) is 0.621. The monoisotopic (exact) mass is 381 g/mol. The molecule has 5 rings (SSSR count). The van der Waals surface area contributed by atoms with Gasteiger partial charge in [0.15, 0.2) is 5.65 Å². The molecule has 0 spiro atoms. The maximum atomic E-state index is 14.0. The van der Waals surface area contributed by atoms with Gasteiger partial charge >= 0.3 is 0 Å². The van der Waals surface area contributed by atoms with E-state index in [2.05, 4.69) is 25.6 Å². The number of hydrogen-bond donors (Lipinski definition) is 2. The second-order valence-electron chi connectivity index (χ2n) is 7.09. The van der Waals surface area contributed by atoms with Gasteiger partial charge in [-0.25, -0.2) is 18.9 Å². The first kappa shape index (κ1) is 16.9. The van der Waals surface area contributed by atoms with Gasteiger partial charge in [-0.15, -0.1) is 0 Å². The van der Waals surface area contributed by atoms with E-state index in [-0.39, 0.29) is 17.8 Å². The van der Waals surface area contributed by atoms with Crippen molar-refractivity contribution in [3.63, 3.8) is 0 Å². The molecule has 0 aliphatic carbocycles. The topological polar surface area (TPSA) is 87.5 Å². The number of nitrogens with one attached hydrogen (secondary N) is 2. The molecule has 28 heavy (non-hydrogen) atoms. The molecule has 2 aliphatic heterocycles. The number of rotatable bonds is 0. The summed E-state index contributed by atoms with van der Waals surface area (Å²) in [6.07, 6.45) is 7.16. The molecule has 3 aromatic heterocycles. The number of fused-ring (bicyclic) bond motifs is 5. The molecule has 1 saturated heterocycles. The lowest BCUT2D eigenvalue weighted by Crippen LogP contribution is -2.28. The Labute approximate surface area is 160 Å². The summed E-state index contributed by atoms with van der Waals surface area (Å²) in [5.74, 6) is 0.905. The highest BCUT2D eigenvalue weighted by atomic mass is 19.1. The number of pyridine rings is 1. The lowest BCUT2D eigenvalue weighted by atomic mass is 10.0. The molecule has 3 aromatic rings. The van der Waals surface area contributed by atoms with Gasteiger partial charge in [-0.05, 0) is 31.4 Å². The Bertz CT molecular complexity index is 1050. The van der Waals surface area contributed by atoms with Crippen molar-refractivity contribution in [3.8, 4) is 0 Å². The minimum Gasteiger partial charge on any atom is -0.370 e. The Balaban J connectivity index is 1.65. The Morgan fingerprint density at radius 2 is 2.07 bits per heavy atom. The number of hydrogen-bond acceptors (Lipinski definition) is 6. The van der Waals surface area contributed by atoms with Crippen molar-refractivity contribution in [2.24, 2.45) is 0 Å². The van der Waals surface area contributed by atoms with Crippen LogP contribution in [0.25, 0.3) is 5.65 Å². The maximum Gasteiger partial charge on any atom is 0.256 e. The summed E-state index contributed by atoms with van der Waals surface area (Å²) in [6, 6.07) is 3.42. The average molecular weight is 381 g/mol. The molecule has 9 heteroatoms. The van der Waals surface area contributed by atoms with E-state index < -0.39 is 0 Å². The second kappa shape index (κ2) is 6.74. The van der Waals surface area contributed by atoms with Crippen molar-refractivity contribution >= 4 is 23.2 Å². The standard InChI is InChI=1S/C19H20FN7O/c20-12-9-13-15-3-1-7-26(15)16-4-8-27-18(25-16)14(11-24-27)19(28)22-6-2-5-21-17(13)23-10-12/h4,8-11,15H,1-3,5-7H2,(H,21,23)(H,22,28). The van der Waals surface area contributed by atoms with Crippen LogP contribution in [0.2, 0.25) is 0 Å². The number of aromatic nitrogens is 4. The van der Waals surface area contributed by atoms with Gasteiger partial charge in [-0.2, -0.15) is 5.10 Å². The predicted molar refractivity (Wildman–Crippen MR) is 102 cm³/mol. The van der Waals surface area contributed by atoms with Gasteiger partial charge in [-0.1, -0.05) is 0 Å². The van der Waals surface area contributed by atoms with Crippen molar-refractivity contribution in [2.75, 3.05) is 29.9 Å². The van der Waals surface area contributed by atoms with Crippen LogP contribution in [-0.2, 0) is 0 Å². The summed E-state index contributed by atoms with van der Waals surface area (Å²) in [4.78, 5) is 23.7. The van der Waals surface area contributed by atoms with Crippen LogP contribution in [0.1, 0.15) is 41.2 Å². The molecule has 5 heterocycles. The number of carbonyl (C=O) groups excluding carboxylic acids is 1. The smallest absolute Gasteiger partial charge is 0.256 e. The first-order valence-electron chi connectivity index (χ1n) is 9.49. The minimum absolute atomic E-state index is 0.0243. The van der Waals surface area contributed by atoms with Gasteiger partial charge in [0.25, 0.3) is 5.91 Å². The van der Waals surface area contributed by atoms with Crippen LogP contribution in [0.4, 0.5) is 16.0 Å². The molecule has 2 N–H and O–H groups in total. The fourth-order valence-electron chi connectivity index (χ4n) is 3.99. The Morgan fingerprint density at radius 1 is 1.18 bits per heavy atom. The highest BCUT2D eigenvalue weighted by Gasteiger charge is 2.30. The van der Waals surface area contributed by atoms with E-state index in [4.69, 9.17) is 4.98 Å². The average Bonchev–Trinajstić information content (AvgIpc) is 3.34. The number of nitrogens with zero attached hydrogens (tertiary/aromatic N) is 5. The molecule has 1 fully saturated rings. The molecular weight excluding hydrogens is 361 g/mol. The van der Waals surface area contributed by atoms with Gasteiger partial charge in [-0.3, -0.25) is 4.79 Å². The van der Waals surface area contributed by atoms with E-state index in [1.165, 1.54) is 6.20 Å². The highest BCUT2D eigenvalue weighted by molar-refractivity contribution is 5.99. The summed E-state index contributed by atoms with van der Waals surface area (Å²) in [7, 11) is 0. The summed E-state index contributed by atoms with van der Waals surface area (Å²) < 4.78 is 15.6. The van der Waals surface area contributed by atoms with Gasteiger partial charge in [0.2, 0.25) is 0 Å². The van der Waals surface area contributed by atoms with Crippen molar-refractivity contribution in [3.05, 3.63) is 47.7 Å². The van der Waals surface area contributed by atoms with E-state index in [9.17, 15) is 9.18 Å². The predicted octanol–water partition coefficient (Wildman–Crippen LogP) is 2.15. The Hall–Kier alpha value is -3.23. The second-order valence-corrected chi connectivity index (χ2v) is 7.09. The zero-order chi connectivity index (χ0) is 19.1. The molecule has 1 atom stereocenters. The highest BCUT2D eigenvalue weighted by Crippen LogP contribution is 2.38. The van der Waals surface area contributed by atoms with Gasteiger partial charge in [0.1, 0.15) is 23.0 Å². The van der Waals surface area contributed by atoms with Crippen LogP contribution in [0.15, 0.2) is 30.7 Å². The fraction of sp³-hybridized carbons (Fsp3) is 0.368. The lowest BCUT2D eigenvalue weighted by Gasteiger charge is -2.27. The first-order valence-corrected chi connectivity index (χ1v) is 9.49. The maximum absolute atomic E-state index is 14.0. The molecule has 144 valence electrons. The van der Waals surface area contributed by atoms with Crippen LogP contribution in [0.5, 0.6) is 0 Å². The van der Waals surface area contributed by atoms with E-state index in [1.54, 1.807) is 23.0 Å². The van der Waals surface area contributed by atoms with Crippen LogP contribution in [-0.4, -0.2) is 45.1 Å². The molecule has 0 aromatic carbocycles. The molecule has 1 unspecified atom stereocenters. The first-order chi connectivity index (χ1) is 13.7. The zero-order valence-corrected chi connectivity index (χ0v) is 15.2. The van der Waals surface area contributed by atoms with Crippen LogP contribution >= 0.6 is 0 Å². The summed E-state index contributed by atoms with van der Waals surface area (Å²) in [5, 5.41) is 10.4.